The van der Waals surface area contributed by atoms with Crippen LogP contribution in [0.15, 0.2) is 42.5 Å². The molecule has 0 unspecified atom stereocenters. The summed E-state index contributed by atoms with van der Waals surface area (Å²) in [6, 6.07) is 13.8. The highest BCUT2D eigenvalue weighted by atomic mass is 35.5. The Bertz CT molecular complexity index is 828. The molecule has 0 atom stereocenters. The lowest BCUT2D eigenvalue weighted by Gasteiger charge is -2.36. The van der Waals surface area contributed by atoms with Crippen molar-refractivity contribution < 1.29 is 19.8 Å². The fraction of sp³-hybridized carbons (Fsp3) is 0.263. The van der Waals surface area contributed by atoms with E-state index in [-0.39, 0.29) is 0 Å². The van der Waals surface area contributed by atoms with E-state index in [1.807, 2.05) is 36.4 Å². The maximum Gasteiger partial charge on any atom is 0.414 e. The molecule has 1 saturated heterocycles. The summed E-state index contributed by atoms with van der Waals surface area (Å²) in [5, 5.41) is 16.9. The van der Waals surface area contributed by atoms with E-state index in [1.54, 1.807) is 0 Å². The van der Waals surface area contributed by atoms with E-state index in [4.69, 9.17) is 54.6 Å². The van der Waals surface area contributed by atoms with Crippen molar-refractivity contribution in [3.63, 3.8) is 0 Å². The molecular weight excluding hydrogens is 427 g/mol. The van der Waals surface area contributed by atoms with Crippen molar-refractivity contribution in [2.24, 2.45) is 0 Å². The van der Waals surface area contributed by atoms with E-state index >= 15 is 0 Å². The van der Waals surface area contributed by atoms with Gasteiger partial charge in [0.2, 0.25) is 0 Å². The predicted molar refractivity (Wildman–Crippen MR) is 111 cm³/mol. The molecular formula is C19H19Cl3N2O4. The highest BCUT2D eigenvalue weighted by Crippen LogP contribution is 2.28. The summed E-state index contributed by atoms with van der Waals surface area (Å²) in [5.74, 6) is -3.65. The molecule has 3 rings (SSSR count). The first-order valence-corrected chi connectivity index (χ1v) is 9.54. The number of para-hydroxylation sites is 1. The number of aliphatic carboxylic acids is 2. The van der Waals surface area contributed by atoms with Gasteiger partial charge in [0.1, 0.15) is 0 Å². The monoisotopic (exact) mass is 444 g/mol. The van der Waals surface area contributed by atoms with Crippen LogP contribution in [0.4, 0.5) is 5.69 Å². The predicted octanol–water partition coefficient (Wildman–Crippen LogP) is 4.12. The SMILES string of the molecule is Clc1ccccc1N1CCN(Cc2cccc(Cl)c2Cl)CC1.O=C(O)C(=O)O. The molecule has 1 heterocycles. The van der Waals surface area contributed by atoms with Gasteiger partial charge in [-0.15, -0.1) is 0 Å². The number of rotatable bonds is 3. The van der Waals surface area contributed by atoms with Gasteiger partial charge in [-0.05, 0) is 23.8 Å². The molecule has 28 heavy (non-hydrogen) atoms. The topological polar surface area (TPSA) is 81.1 Å². The summed E-state index contributed by atoms with van der Waals surface area (Å²) < 4.78 is 0. The van der Waals surface area contributed by atoms with Gasteiger partial charge in [-0.2, -0.15) is 0 Å². The van der Waals surface area contributed by atoms with Crippen molar-refractivity contribution in [3.8, 4) is 0 Å². The molecule has 0 aliphatic carbocycles. The molecule has 0 spiro atoms. The van der Waals surface area contributed by atoms with Crippen LogP contribution in [0.2, 0.25) is 15.1 Å². The Kier molecular flexibility index (Phi) is 8.38. The molecule has 1 aliphatic heterocycles. The summed E-state index contributed by atoms with van der Waals surface area (Å²) in [6.45, 7) is 4.71. The van der Waals surface area contributed by atoms with E-state index in [0.29, 0.717) is 10.0 Å². The number of benzene rings is 2. The van der Waals surface area contributed by atoms with Gasteiger partial charge in [-0.3, -0.25) is 4.90 Å². The zero-order chi connectivity index (χ0) is 20.7. The summed E-state index contributed by atoms with van der Waals surface area (Å²) >= 11 is 18.6. The molecule has 2 aromatic rings. The summed E-state index contributed by atoms with van der Waals surface area (Å²) in [5.41, 5.74) is 2.20. The van der Waals surface area contributed by atoms with E-state index in [0.717, 1.165) is 49.0 Å². The van der Waals surface area contributed by atoms with Crippen LogP contribution < -0.4 is 4.90 Å². The van der Waals surface area contributed by atoms with Gasteiger partial charge in [0.05, 0.1) is 20.8 Å². The molecule has 2 N–H and O–H groups in total. The van der Waals surface area contributed by atoms with E-state index < -0.39 is 11.9 Å². The third kappa shape index (κ3) is 6.27. The van der Waals surface area contributed by atoms with Crippen molar-refractivity contribution >= 4 is 52.4 Å². The quantitative estimate of drug-likeness (QED) is 0.692. The third-order valence-corrected chi connectivity index (χ3v) is 5.35. The number of carboxylic acids is 2. The van der Waals surface area contributed by atoms with E-state index in [1.165, 1.54) is 0 Å². The van der Waals surface area contributed by atoms with Crippen molar-refractivity contribution in [1.29, 1.82) is 0 Å². The Balaban J connectivity index is 0.000000409. The van der Waals surface area contributed by atoms with Crippen LogP contribution in [0.25, 0.3) is 0 Å². The van der Waals surface area contributed by atoms with Gasteiger partial charge in [0, 0.05) is 32.7 Å². The van der Waals surface area contributed by atoms with Crippen LogP contribution >= 0.6 is 34.8 Å². The zero-order valence-electron chi connectivity index (χ0n) is 14.8. The highest BCUT2D eigenvalue weighted by molar-refractivity contribution is 6.42. The smallest absolute Gasteiger partial charge is 0.414 e. The normalized spacial score (nSPS) is 14.2. The standard InChI is InChI=1S/C17H17Cl3N2.C2H2O4/c18-14-5-1-2-7-16(14)22-10-8-21(9-11-22)12-13-4-3-6-15(19)17(13)20;3-1(4)2(5)6/h1-7H,8-12H2;(H,3,4)(H,5,6). The van der Waals surface area contributed by atoms with Crippen LogP contribution in [-0.4, -0.2) is 53.2 Å². The maximum atomic E-state index is 9.10. The van der Waals surface area contributed by atoms with Crippen molar-refractivity contribution in [1.82, 2.24) is 4.90 Å². The number of hydrogen-bond acceptors (Lipinski definition) is 4. The number of hydrogen-bond donors (Lipinski definition) is 2. The summed E-state index contributed by atoms with van der Waals surface area (Å²) in [4.78, 5) is 22.9. The summed E-state index contributed by atoms with van der Waals surface area (Å²) in [7, 11) is 0. The Hall–Kier alpha value is -1.99. The molecule has 1 aliphatic rings. The number of nitrogens with zero attached hydrogens (tertiary/aromatic N) is 2. The van der Waals surface area contributed by atoms with Crippen LogP contribution in [0.1, 0.15) is 5.56 Å². The number of carboxylic acid groups (broad SMARTS) is 2. The number of anilines is 1. The first kappa shape index (κ1) is 22.3. The lowest BCUT2D eigenvalue weighted by atomic mass is 10.2. The first-order chi connectivity index (χ1) is 13.3. The molecule has 6 nitrogen and oxygen atoms in total. The minimum Gasteiger partial charge on any atom is -0.473 e. The Morgan fingerprint density at radius 1 is 0.821 bits per heavy atom. The Morgan fingerprint density at radius 3 is 1.96 bits per heavy atom. The van der Waals surface area contributed by atoms with Crippen molar-refractivity contribution in [3.05, 3.63) is 63.1 Å². The Morgan fingerprint density at radius 2 is 1.39 bits per heavy atom. The molecule has 0 bridgehead atoms. The van der Waals surface area contributed by atoms with Crippen LogP contribution in [-0.2, 0) is 16.1 Å². The third-order valence-electron chi connectivity index (χ3n) is 4.17. The van der Waals surface area contributed by atoms with E-state index in [9.17, 15) is 0 Å². The fourth-order valence-electron chi connectivity index (χ4n) is 2.77. The average Bonchev–Trinajstić information content (AvgIpc) is 2.67. The minimum absolute atomic E-state index is 0.619. The molecule has 2 aromatic carbocycles. The molecule has 1 fully saturated rings. The molecule has 0 saturated carbocycles. The number of carbonyl (C=O) groups is 2. The first-order valence-electron chi connectivity index (χ1n) is 8.40. The lowest BCUT2D eigenvalue weighted by Crippen LogP contribution is -2.46. The van der Waals surface area contributed by atoms with Crippen molar-refractivity contribution in [2.45, 2.75) is 6.54 Å². The Labute approximate surface area is 177 Å². The van der Waals surface area contributed by atoms with Crippen LogP contribution in [0, 0.1) is 0 Å². The molecule has 150 valence electrons. The fourth-order valence-corrected chi connectivity index (χ4v) is 3.40. The summed E-state index contributed by atoms with van der Waals surface area (Å²) in [6.07, 6.45) is 0. The van der Waals surface area contributed by atoms with Crippen LogP contribution in [0.5, 0.6) is 0 Å². The largest absolute Gasteiger partial charge is 0.473 e. The second kappa shape index (κ2) is 10.5. The van der Waals surface area contributed by atoms with Gasteiger partial charge in [-0.1, -0.05) is 59.1 Å². The lowest BCUT2D eigenvalue weighted by molar-refractivity contribution is -0.159. The van der Waals surface area contributed by atoms with Gasteiger partial charge < -0.3 is 15.1 Å². The molecule has 9 heteroatoms. The van der Waals surface area contributed by atoms with E-state index in [2.05, 4.69) is 15.9 Å². The average molecular weight is 446 g/mol. The number of halogens is 3. The highest BCUT2D eigenvalue weighted by Gasteiger charge is 2.19. The minimum atomic E-state index is -1.82. The molecule has 0 aromatic heterocycles. The van der Waals surface area contributed by atoms with Gasteiger partial charge in [0.25, 0.3) is 0 Å². The van der Waals surface area contributed by atoms with Gasteiger partial charge in [0.15, 0.2) is 0 Å². The maximum absolute atomic E-state index is 9.10. The van der Waals surface area contributed by atoms with Crippen molar-refractivity contribution in [2.75, 3.05) is 31.1 Å². The van der Waals surface area contributed by atoms with Crippen LogP contribution in [0.3, 0.4) is 0 Å². The number of piperazine rings is 1. The second-order valence-corrected chi connectivity index (χ2v) is 7.23. The second-order valence-electron chi connectivity index (χ2n) is 6.04. The molecule has 0 amide bonds. The van der Waals surface area contributed by atoms with Gasteiger partial charge >= 0.3 is 11.9 Å². The molecule has 0 radical (unpaired) electrons. The zero-order valence-corrected chi connectivity index (χ0v) is 17.1. The van der Waals surface area contributed by atoms with Gasteiger partial charge in [-0.25, -0.2) is 9.59 Å².